The maximum absolute atomic E-state index is 15.3. The van der Waals surface area contributed by atoms with E-state index in [4.69, 9.17) is 9.47 Å². The summed E-state index contributed by atoms with van der Waals surface area (Å²) in [6.45, 7) is 1.63. The Morgan fingerprint density at radius 3 is 1.32 bits per heavy atom. The van der Waals surface area contributed by atoms with Crippen LogP contribution in [0, 0.1) is 45.1 Å². The van der Waals surface area contributed by atoms with Gasteiger partial charge in [0.25, 0.3) is 11.8 Å². The van der Waals surface area contributed by atoms with Gasteiger partial charge in [0.05, 0.1) is 64.1 Å². The minimum atomic E-state index is -3.39. The Balaban J connectivity index is 0.000000186. The summed E-state index contributed by atoms with van der Waals surface area (Å²) in [6, 6.07) is 3.97. The molecule has 62 heavy (non-hydrogen) atoms. The van der Waals surface area contributed by atoms with E-state index in [2.05, 4.69) is 29.9 Å². The second kappa shape index (κ2) is 16.9. The van der Waals surface area contributed by atoms with Crippen LogP contribution in [0.15, 0.2) is 49.6 Å². The van der Waals surface area contributed by atoms with Gasteiger partial charge in [-0.15, -0.1) is 0 Å². The van der Waals surface area contributed by atoms with Crippen LogP contribution in [-0.2, 0) is 22.7 Å². The van der Waals surface area contributed by atoms with E-state index in [-0.39, 0.29) is 88.3 Å². The number of hydrogen-bond acceptors (Lipinski definition) is 14. The average molecular weight is 865 g/mol. The van der Waals surface area contributed by atoms with Gasteiger partial charge in [0.2, 0.25) is 23.7 Å². The van der Waals surface area contributed by atoms with Crippen molar-refractivity contribution in [3.05, 3.63) is 83.5 Å². The standard InChI is InChI=1S/2C20H19F3N6O2/c2*1-19(2-3-29(12-20(19,22)23)18-26-9-15(21)10-27-18)17(30)28-4-5-31-16-13(6-24)7-25-8-14(16)11-28/h2*7-10H,2-5,11-12H2,1H3/t2*19-/m10/s1. The van der Waals surface area contributed by atoms with E-state index in [0.717, 1.165) is 24.8 Å². The number of amides is 2. The normalized spacial score (nSPS) is 22.7. The Morgan fingerprint density at radius 1 is 0.613 bits per heavy atom. The van der Waals surface area contributed by atoms with Crippen LogP contribution in [-0.4, -0.2) is 116 Å². The fraction of sp³-hybridized carbons (Fsp3) is 0.450. The first-order valence-electron chi connectivity index (χ1n) is 19.3. The van der Waals surface area contributed by atoms with Crippen LogP contribution in [0.25, 0.3) is 0 Å². The lowest BCUT2D eigenvalue weighted by atomic mass is 9.75. The number of fused-ring (bicyclic) bond motifs is 2. The molecule has 0 spiro atoms. The van der Waals surface area contributed by atoms with Gasteiger partial charge in [0.15, 0.2) is 11.6 Å². The van der Waals surface area contributed by atoms with E-state index in [1.54, 1.807) is 0 Å². The van der Waals surface area contributed by atoms with E-state index in [1.165, 1.54) is 58.2 Å². The van der Waals surface area contributed by atoms with Crippen molar-refractivity contribution in [3.63, 3.8) is 0 Å². The molecule has 4 aliphatic rings. The van der Waals surface area contributed by atoms with Gasteiger partial charge in [-0.05, 0) is 26.7 Å². The molecule has 2 amide bonds. The number of nitrogens with zero attached hydrogens (tertiary/aromatic N) is 12. The number of anilines is 2. The van der Waals surface area contributed by atoms with Crippen molar-refractivity contribution in [3.8, 4) is 23.6 Å². The lowest BCUT2D eigenvalue weighted by Crippen LogP contribution is -2.61. The molecule has 0 N–H and O–H groups in total. The summed E-state index contributed by atoms with van der Waals surface area (Å²) < 4.78 is 98.5. The zero-order valence-corrected chi connectivity index (χ0v) is 33.4. The number of hydrogen-bond donors (Lipinski definition) is 0. The number of nitriles is 2. The minimum Gasteiger partial charge on any atom is -0.490 e. The first-order valence-corrected chi connectivity index (χ1v) is 19.3. The number of aromatic nitrogens is 6. The summed E-state index contributed by atoms with van der Waals surface area (Å²) in [5.41, 5.74) is -2.45. The lowest BCUT2D eigenvalue weighted by molar-refractivity contribution is -0.174. The van der Waals surface area contributed by atoms with Gasteiger partial charge in [-0.25, -0.2) is 46.3 Å². The highest BCUT2D eigenvalue weighted by Crippen LogP contribution is 2.47. The zero-order valence-electron chi connectivity index (χ0n) is 33.4. The van der Waals surface area contributed by atoms with Crippen LogP contribution in [0.2, 0.25) is 0 Å². The predicted molar refractivity (Wildman–Crippen MR) is 203 cm³/mol. The molecule has 2 fully saturated rings. The average Bonchev–Trinajstić information content (AvgIpc) is 3.62. The van der Waals surface area contributed by atoms with Crippen molar-refractivity contribution in [1.29, 1.82) is 10.5 Å². The molecule has 4 aromatic rings. The van der Waals surface area contributed by atoms with Crippen LogP contribution < -0.4 is 19.3 Å². The van der Waals surface area contributed by atoms with Crippen LogP contribution in [0.3, 0.4) is 0 Å². The first-order chi connectivity index (χ1) is 29.5. The molecule has 2 saturated heterocycles. The molecule has 324 valence electrons. The Kier molecular flexibility index (Phi) is 11.8. The van der Waals surface area contributed by atoms with Crippen molar-refractivity contribution in [2.24, 2.45) is 10.8 Å². The van der Waals surface area contributed by atoms with Crippen molar-refractivity contribution in [1.82, 2.24) is 39.7 Å². The third kappa shape index (κ3) is 8.16. The van der Waals surface area contributed by atoms with Crippen molar-refractivity contribution in [2.75, 3.05) is 62.3 Å². The van der Waals surface area contributed by atoms with Crippen LogP contribution in [0.5, 0.6) is 11.5 Å². The highest BCUT2D eigenvalue weighted by molar-refractivity contribution is 5.85. The summed E-state index contributed by atoms with van der Waals surface area (Å²) in [4.78, 5) is 54.8. The van der Waals surface area contributed by atoms with E-state index in [1.807, 2.05) is 12.1 Å². The highest BCUT2D eigenvalue weighted by Gasteiger charge is 2.61. The van der Waals surface area contributed by atoms with Gasteiger partial charge >= 0.3 is 0 Å². The van der Waals surface area contributed by atoms with Gasteiger partial charge in [0, 0.05) is 49.0 Å². The van der Waals surface area contributed by atoms with Crippen LogP contribution in [0.1, 0.15) is 48.9 Å². The quantitative estimate of drug-likeness (QED) is 0.264. The maximum Gasteiger partial charge on any atom is 0.279 e. The van der Waals surface area contributed by atoms with Gasteiger partial charge in [-0.1, -0.05) is 0 Å². The van der Waals surface area contributed by atoms with E-state index >= 15 is 17.6 Å². The molecule has 0 aliphatic carbocycles. The second-order valence-electron chi connectivity index (χ2n) is 15.5. The summed E-state index contributed by atoms with van der Waals surface area (Å²) >= 11 is 0. The number of piperidine rings is 2. The molecular weight excluding hydrogens is 827 g/mol. The van der Waals surface area contributed by atoms with Crippen LogP contribution in [0.4, 0.5) is 38.2 Å². The first kappa shape index (κ1) is 43.3. The molecule has 0 saturated carbocycles. The van der Waals surface area contributed by atoms with E-state index in [0.29, 0.717) is 22.6 Å². The summed E-state index contributed by atoms with van der Waals surface area (Å²) in [5.74, 6) is -8.86. The predicted octanol–water partition coefficient (Wildman–Crippen LogP) is 4.31. The monoisotopic (exact) mass is 864 g/mol. The third-order valence-electron chi connectivity index (χ3n) is 11.6. The van der Waals surface area contributed by atoms with E-state index in [9.17, 15) is 28.9 Å². The third-order valence-corrected chi connectivity index (χ3v) is 11.6. The van der Waals surface area contributed by atoms with Gasteiger partial charge < -0.3 is 29.1 Å². The van der Waals surface area contributed by atoms with Gasteiger partial charge in [0.1, 0.15) is 58.8 Å². The fourth-order valence-electron chi connectivity index (χ4n) is 7.71. The summed E-state index contributed by atoms with van der Waals surface area (Å²) in [7, 11) is 0. The number of rotatable bonds is 4. The maximum atomic E-state index is 15.3. The summed E-state index contributed by atoms with van der Waals surface area (Å²) in [5, 5.41) is 18.4. The number of ether oxygens (including phenoxy) is 2. The van der Waals surface area contributed by atoms with Crippen molar-refractivity contribution >= 4 is 23.7 Å². The molecule has 8 rings (SSSR count). The fourth-order valence-corrected chi connectivity index (χ4v) is 7.71. The lowest BCUT2D eigenvalue weighted by Gasteiger charge is -2.46. The Hall–Kier alpha value is -6.84. The SMILES string of the molecule is C[C@@]1(C(=O)N2CCOc3c(C#N)cncc3C2)CCN(c2ncc(F)cn2)CC1(F)F.C[C@]1(C(=O)N2CCOc3c(C#N)cncc3C2)CCN(c2ncc(F)cn2)CC1(F)F. The van der Waals surface area contributed by atoms with E-state index < -0.39 is 59.2 Å². The molecule has 2 atom stereocenters. The zero-order chi connectivity index (χ0) is 44.5. The Bertz CT molecular complexity index is 2250. The van der Waals surface area contributed by atoms with Gasteiger partial charge in [-0.2, -0.15) is 10.5 Å². The summed E-state index contributed by atoms with van der Waals surface area (Å²) in [6.07, 6.45) is 9.04. The molecule has 0 radical (unpaired) electrons. The highest BCUT2D eigenvalue weighted by atomic mass is 19.3. The van der Waals surface area contributed by atoms with Crippen molar-refractivity contribution < 1.29 is 45.4 Å². The molecule has 0 aromatic carbocycles. The molecule has 0 unspecified atom stereocenters. The molecule has 16 nitrogen and oxygen atoms in total. The number of pyridine rings is 2. The molecule has 0 bridgehead atoms. The Labute approximate surface area is 350 Å². The largest absolute Gasteiger partial charge is 0.490 e. The molecule has 22 heteroatoms. The van der Waals surface area contributed by atoms with Gasteiger partial charge in [-0.3, -0.25) is 19.6 Å². The second-order valence-corrected chi connectivity index (χ2v) is 15.5. The Morgan fingerprint density at radius 2 is 0.984 bits per heavy atom. The van der Waals surface area contributed by atoms with Crippen LogP contribution >= 0.6 is 0 Å². The molecule has 4 aliphatic heterocycles. The molecular formula is C40H38F6N12O4. The minimum absolute atomic E-state index is 0.0113. The number of alkyl halides is 4. The smallest absolute Gasteiger partial charge is 0.279 e. The topological polar surface area (TPSA) is 190 Å². The number of halogens is 6. The number of carbonyl (C=O) groups is 2. The number of carbonyl (C=O) groups excluding carboxylic acids is 2. The van der Waals surface area contributed by atoms with Crippen molar-refractivity contribution in [2.45, 2.75) is 51.6 Å². The molecule has 8 heterocycles. The molecule has 4 aromatic heterocycles.